The van der Waals surface area contributed by atoms with E-state index in [2.05, 4.69) is 19.2 Å². The quantitative estimate of drug-likeness (QED) is 0.822. The lowest BCUT2D eigenvalue weighted by molar-refractivity contribution is -0.140. The van der Waals surface area contributed by atoms with Crippen LogP contribution in [-0.2, 0) is 4.79 Å². The summed E-state index contributed by atoms with van der Waals surface area (Å²) in [5.41, 5.74) is 0. The second kappa shape index (κ2) is 6.78. The van der Waals surface area contributed by atoms with Gasteiger partial charge < -0.3 is 15.3 Å². The Kier molecular flexibility index (Phi) is 5.63. The first-order valence-corrected chi connectivity index (χ1v) is 7.15. The third kappa shape index (κ3) is 4.11. The molecule has 1 aliphatic heterocycles. The molecule has 110 valence electrons. The third-order valence-electron chi connectivity index (χ3n) is 4.38. The fraction of sp³-hybridized carbons (Fsp3) is 0.857. The summed E-state index contributed by atoms with van der Waals surface area (Å²) >= 11 is 0. The van der Waals surface area contributed by atoms with E-state index in [1.54, 1.807) is 4.90 Å². The van der Waals surface area contributed by atoms with Crippen molar-refractivity contribution in [3.8, 4) is 0 Å². The average molecular weight is 270 g/mol. The van der Waals surface area contributed by atoms with E-state index in [0.29, 0.717) is 24.9 Å². The Labute approximate surface area is 115 Å². The predicted octanol–water partition coefficient (Wildman–Crippen LogP) is 2.17. The number of piperidine rings is 1. The van der Waals surface area contributed by atoms with Crippen molar-refractivity contribution in [1.82, 2.24) is 10.2 Å². The van der Waals surface area contributed by atoms with Gasteiger partial charge in [0.15, 0.2) is 0 Å². The zero-order valence-electron chi connectivity index (χ0n) is 12.3. The molecule has 0 bridgehead atoms. The normalized spacial score (nSPS) is 26.6. The van der Waals surface area contributed by atoms with Crippen molar-refractivity contribution in [3.05, 3.63) is 0 Å². The first kappa shape index (κ1) is 15.8. The zero-order valence-corrected chi connectivity index (χ0v) is 12.3. The van der Waals surface area contributed by atoms with Gasteiger partial charge in [-0.05, 0) is 24.2 Å². The van der Waals surface area contributed by atoms with Crippen molar-refractivity contribution in [3.63, 3.8) is 0 Å². The van der Waals surface area contributed by atoms with Gasteiger partial charge in [-0.25, -0.2) is 9.59 Å². The van der Waals surface area contributed by atoms with Crippen LogP contribution in [0.4, 0.5) is 4.79 Å². The van der Waals surface area contributed by atoms with Crippen LogP contribution in [0.5, 0.6) is 0 Å². The fourth-order valence-electron chi connectivity index (χ4n) is 2.35. The van der Waals surface area contributed by atoms with E-state index in [4.69, 9.17) is 0 Å². The van der Waals surface area contributed by atoms with Gasteiger partial charge in [0.2, 0.25) is 0 Å². The summed E-state index contributed by atoms with van der Waals surface area (Å²) in [6.07, 6.45) is 1.71. The summed E-state index contributed by atoms with van der Waals surface area (Å²) in [6, 6.07) is -1.04. The molecular weight excluding hydrogens is 244 g/mol. The Morgan fingerprint density at radius 1 is 1.37 bits per heavy atom. The highest BCUT2D eigenvalue weighted by Gasteiger charge is 2.30. The number of urea groups is 1. The topological polar surface area (TPSA) is 69.6 Å². The smallest absolute Gasteiger partial charge is 0.326 e. The number of nitrogens with zero attached hydrogens (tertiary/aromatic N) is 1. The van der Waals surface area contributed by atoms with Gasteiger partial charge in [0.1, 0.15) is 6.04 Å². The van der Waals surface area contributed by atoms with Gasteiger partial charge >= 0.3 is 12.0 Å². The van der Waals surface area contributed by atoms with Gasteiger partial charge in [-0.1, -0.05) is 34.1 Å². The second-order valence-electron chi connectivity index (χ2n) is 5.84. The third-order valence-corrected chi connectivity index (χ3v) is 4.38. The van der Waals surface area contributed by atoms with Crippen molar-refractivity contribution in [2.45, 2.75) is 46.6 Å². The van der Waals surface area contributed by atoms with Gasteiger partial charge in [0.25, 0.3) is 0 Å². The van der Waals surface area contributed by atoms with Crippen LogP contribution in [0.15, 0.2) is 0 Å². The fourth-order valence-corrected chi connectivity index (χ4v) is 2.35. The van der Waals surface area contributed by atoms with Crippen LogP contribution >= 0.6 is 0 Å². The Hall–Kier alpha value is -1.26. The number of amides is 2. The second-order valence-corrected chi connectivity index (χ2v) is 5.84. The molecule has 4 unspecified atom stereocenters. The minimum atomic E-state index is -0.957. The first-order valence-electron chi connectivity index (χ1n) is 7.15. The molecule has 2 amide bonds. The number of likely N-dealkylation sites (tertiary alicyclic amines) is 1. The molecule has 1 rings (SSSR count). The van der Waals surface area contributed by atoms with Crippen LogP contribution in [0, 0.1) is 17.8 Å². The predicted molar refractivity (Wildman–Crippen MR) is 73.9 cm³/mol. The molecule has 1 aliphatic rings. The summed E-state index contributed by atoms with van der Waals surface area (Å²) in [5.74, 6) is 0.0592. The Morgan fingerprint density at radius 2 is 2.00 bits per heavy atom. The van der Waals surface area contributed by atoms with E-state index in [9.17, 15) is 14.7 Å². The molecular formula is C14H26N2O3. The maximum Gasteiger partial charge on any atom is 0.326 e. The minimum absolute atomic E-state index is 0.0670. The molecule has 1 fully saturated rings. The maximum absolute atomic E-state index is 12.1. The highest BCUT2D eigenvalue weighted by Crippen LogP contribution is 2.22. The zero-order chi connectivity index (χ0) is 14.6. The van der Waals surface area contributed by atoms with Crippen molar-refractivity contribution in [1.29, 1.82) is 0 Å². The van der Waals surface area contributed by atoms with Gasteiger partial charge in [-0.3, -0.25) is 0 Å². The van der Waals surface area contributed by atoms with Crippen LogP contribution in [0.2, 0.25) is 0 Å². The van der Waals surface area contributed by atoms with Crippen molar-refractivity contribution in [2.24, 2.45) is 17.8 Å². The largest absolute Gasteiger partial charge is 0.480 e. The van der Waals surface area contributed by atoms with Gasteiger partial charge in [0.05, 0.1) is 0 Å². The van der Waals surface area contributed by atoms with E-state index in [-0.39, 0.29) is 11.9 Å². The summed E-state index contributed by atoms with van der Waals surface area (Å²) in [5, 5.41) is 11.8. The molecule has 0 spiro atoms. The molecule has 1 saturated heterocycles. The number of carbonyl (C=O) groups excluding carboxylic acids is 1. The van der Waals surface area contributed by atoms with Gasteiger partial charge in [-0.2, -0.15) is 0 Å². The number of hydrogen-bond donors (Lipinski definition) is 2. The Bertz CT molecular complexity index is 333. The molecule has 0 aromatic carbocycles. The SMILES string of the molecule is CCC(C)C(NC(=O)N1CCC(C)C(C)C1)C(=O)O. The van der Waals surface area contributed by atoms with E-state index in [1.165, 1.54) is 0 Å². The Balaban J connectivity index is 2.60. The number of carboxylic acids is 1. The number of nitrogens with one attached hydrogen (secondary N) is 1. The molecule has 0 saturated carbocycles. The number of rotatable bonds is 4. The van der Waals surface area contributed by atoms with Crippen LogP contribution < -0.4 is 5.32 Å². The highest BCUT2D eigenvalue weighted by molar-refractivity contribution is 5.82. The number of carbonyl (C=O) groups is 2. The highest BCUT2D eigenvalue weighted by atomic mass is 16.4. The van der Waals surface area contributed by atoms with Crippen LogP contribution in [0.1, 0.15) is 40.5 Å². The Morgan fingerprint density at radius 3 is 2.47 bits per heavy atom. The summed E-state index contributed by atoms with van der Waals surface area (Å²) in [6.45, 7) is 9.52. The van der Waals surface area contributed by atoms with E-state index < -0.39 is 12.0 Å². The number of aliphatic carboxylic acids is 1. The molecule has 0 aliphatic carbocycles. The molecule has 2 N–H and O–H groups in total. The van der Waals surface area contributed by atoms with Crippen LogP contribution in [0.3, 0.4) is 0 Å². The number of carboxylic acid groups (broad SMARTS) is 1. The molecule has 0 radical (unpaired) electrons. The van der Waals surface area contributed by atoms with Crippen molar-refractivity contribution >= 4 is 12.0 Å². The molecule has 19 heavy (non-hydrogen) atoms. The van der Waals surface area contributed by atoms with E-state index in [1.807, 2.05) is 13.8 Å². The van der Waals surface area contributed by atoms with E-state index in [0.717, 1.165) is 12.8 Å². The summed E-state index contributed by atoms with van der Waals surface area (Å²) in [7, 11) is 0. The summed E-state index contributed by atoms with van der Waals surface area (Å²) < 4.78 is 0. The molecule has 5 heteroatoms. The monoisotopic (exact) mass is 270 g/mol. The maximum atomic E-state index is 12.1. The van der Waals surface area contributed by atoms with E-state index >= 15 is 0 Å². The first-order chi connectivity index (χ1) is 8.86. The van der Waals surface area contributed by atoms with Gasteiger partial charge in [0, 0.05) is 13.1 Å². The lowest BCUT2D eigenvalue weighted by Gasteiger charge is -2.36. The standard InChI is InChI=1S/C14H26N2O3/c1-5-9(2)12(13(17)18)15-14(19)16-7-6-10(3)11(4)8-16/h9-12H,5-8H2,1-4H3,(H,15,19)(H,17,18). The number of hydrogen-bond acceptors (Lipinski definition) is 2. The van der Waals surface area contributed by atoms with Crippen LogP contribution in [-0.4, -0.2) is 41.1 Å². The molecule has 4 atom stereocenters. The molecule has 1 heterocycles. The van der Waals surface area contributed by atoms with Crippen molar-refractivity contribution in [2.75, 3.05) is 13.1 Å². The van der Waals surface area contributed by atoms with Crippen LogP contribution in [0.25, 0.3) is 0 Å². The molecule has 0 aromatic rings. The molecule has 5 nitrogen and oxygen atoms in total. The lowest BCUT2D eigenvalue weighted by Crippen LogP contribution is -2.53. The summed E-state index contributed by atoms with van der Waals surface area (Å²) in [4.78, 5) is 25.1. The minimum Gasteiger partial charge on any atom is -0.480 e. The van der Waals surface area contributed by atoms with Crippen molar-refractivity contribution < 1.29 is 14.7 Å². The lowest BCUT2D eigenvalue weighted by atomic mass is 9.89. The molecule has 0 aromatic heterocycles. The average Bonchev–Trinajstić information content (AvgIpc) is 2.37. The van der Waals surface area contributed by atoms with Gasteiger partial charge in [-0.15, -0.1) is 0 Å².